The van der Waals surface area contributed by atoms with E-state index in [0.717, 1.165) is 5.69 Å². The van der Waals surface area contributed by atoms with E-state index < -0.39 is 6.10 Å². The van der Waals surface area contributed by atoms with Crippen LogP contribution in [-0.4, -0.2) is 30.3 Å². The molecule has 1 unspecified atom stereocenters. The minimum absolute atomic E-state index is 0.0299. The third-order valence-electron chi connectivity index (χ3n) is 2.87. The van der Waals surface area contributed by atoms with E-state index in [-0.39, 0.29) is 19.1 Å². The second kappa shape index (κ2) is 8.62. The third-order valence-corrected chi connectivity index (χ3v) is 3.67. The van der Waals surface area contributed by atoms with Crippen LogP contribution in [0.25, 0.3) is 0 Å². The van der Waals surface area contributed by atoms with Crippen molar-refractivity contribution >= 4 is 34.8 Å². The Morgan fingerprint density at radius 2 is 1.91 bits per heavy atom. The first-order valence-electron chi connectivity index (χ1n) is 6.93. The summed E-state index contributed by atoms with van der Waals surface area (Å²) in [6.07, 6.45) is -0.818. The predicted molar refractivity (Wildman–Crippen MR) is 94.5 cm³/mol. The van der Waals surface area contributed by atoms with Crippen molar-refractivity contribution in [2.45, 2.75) is 6.10 Å². The molecule has 2 rings (SSSR count). The van der Waals surface area contributed by atoms with Gasteiger partial charge in [-0.15, -0.1) is 0 Å². The van der Waals surface area contributed by atoms with Gasteiger partial charge in [0.05, 0.1) is 11.6 Å². The Morgan fingerprint density at radius 3 is 2.65 bits per heavy atom. The number of ether oxygens (including phenoxy) is 1. The maximum absolute atomic E-state index is 9.89. The zero-order valence-corrected chi connectivity index (χ0v) is 13.8. The largest absolute Gasteiger partial charge is 0.489 e. The van der Waals surface area contributed by atoms with Crippen LogP contribution in [0.2, 0.25) is 10.0 Å². The first-order valence-corrected chi connectivity index (χ1v) is 7.68. The van der Waals surface area contributed by atoms with Crippen LogP contribution in [0.3, 0.4) is 0 Å². The summed E-state index contributed by atoms with van der Waals surface area (Å²) in [5, 5.41) is 13.5. The van der Waals surface area contributed by atoms with Gasteiger partial charge in [-0.3, -0.25) is 4.99 Å². The standard InChI is InChI=1S/C16H17Cl2N3O2/c17-13-7-4-8-14(15(13)18)23-10-12(22)9-20-16(19)21-11-5-2-1-3-6-11/h1-8,12,22H,9-10H2,(H3,19,20,21). The number of aliphatic imine (C=N–C) groups is 1. The molecule has 0 aliphatic heterocycles. The smallest absolute Gasteiger partial charge is 0.193 e. The van der Waals surface area contributed by atoms with Crippen LogP contribution in [0.5, 0.6) is 5.75 Å². The van der Waals surface area contributed by atoms with Gasteiger partial charge in [-0.2, -0.15) is 0 Å². The topological polar surface area (TPSA) is 79.9 Å². The molecule has 0 aliphatic carbocycles. The monoisotopic (exact) mass is 353 g/mol. The summed E-state index contributed by atoms with van der Waals surface area (Å²) in [4.78, 5) is 4.07. The van der Waals surface area contributed by atoms with Crippen LogP contribution >= 0.6 is 23.2 Å². The zero-order valence-electron chi connectivity index (χ0n) is 12.2. The van der Waals surface area contributed by atoms with Gasteiger partial charge in [0.25, 0.3) is 0 Å². The fraction of sp³-hybridized carbons (Fsp3) is 0.188. The number of aliphatic hydroxyl groups excluding tert-OH is 1. The molecule has 0 bridgehead atoms. The van der Waals surface area contributed by atoms with Gasteiger partial charge in [-0.1, -0.05) is 47.5 Å². The molecule has 5 nitrogen and oxygen atoms in total. The minimum Gasteiger partial charge on any atom is -0.489 e. The quantitative estimate of drug-likeness (QED) is 0.550. The van der Waals surface area contributed by atoms with Crippen molar-refractivity contribution in [3.8, 4) is 5.75 Å². The van der Waals surface area contributed by atoms with Crippen LogP contribution in [-0.2, 0) is 0 Å². The molecule has 2 aromatic carbocycles. The highest BCUT2D eigenvalue weighted by atomic mass is 35.5. The molecule has 0 aliphatic rings. The van der Waals surface area contributed by atoms with E-state index in [1.807, 2.05) is 30.3 Å². The van der Waals surface area contributed by atoms with Crippen molar-refractivity contribution in [1.29, 1.82) is 0 Å². The Labute approximate surface area is 144 Å². The SMILES string of the molecule is NC(=NCC(O)COc1cccc(Cl)c1Cl)Nc1ccccc1. The third kappa shape index (κ3) is 5.63. The summed E-state index contributed by atoms with van der Waals surface area (Å²) >= 11 is 11.9. The number of hydrogen-bond acceptors (Lipinski definition) is 3. The van der Waals surface area contributed by atoms with Crippen molar-refractivity contribution in [2.75, 3.05) is 18.5 Å². The summed E-state index contributed by atoms with van der Waals surface area (Å²) in [7, 11) is 0. The van der Waals surface area contributed by atoms with Gasteiger partial charge in [-0.25, -0.2) is 0 Å². The highest BCUT2D eigenvalue weighted by Gasteiger charge is 2.09. The lowest BCUT2D eigenvalue weighted by Crippen LogP contribution is -2.27. The number of guanidine groups is 1. The zero-order chi connectivity index (χ0) is 16.7. The fourth-order valence-corrected chi connectivity index (χ4v) is 2.09. The molecule has 0 fully saturated rings. The van der Waals surface area contributed by atoms with E-state index in [0.29, 0.717) is 15.8 Å². The summed E-state index contributed by atoms with van der Waals surface area (Å²) in [5.41, 5.74) is 6.58. The van der Waals surface area contributed by atoms with Crippen LogP contribution < -0.4 is 15.8 Å². The van der Waals surface area contributed by atoms with Gasteiger partial charge in [-0.05, 0) is 24.3 Å². The van der Waals surface area contributed by atoms with Crippen LogP contribution in [0.1, 0.15) is 0 Å². The number of nitrogens with one attached hydrogen (secondary N) is 1. The highest BCUT2D eigenvalue weighted by molar-refractivity contribution is 6.42. The lowest BCUT2D eigenvalue weighted by molar-refractivity contribution is 0.114. The molecular weight excluding hydrogens is 337 g/mol. The highest BCUT2D eigenvalue weighted by Crippen LogP contribution is 2.31. The molecule has 0 saturated heterocycles. The Balaban J connectivity index is 1.81. The maximum Gasteiger partial charge on any atom is 0.193 e. The number of aliphatic hydroxyl groups is 1. The number of halogens is 2. The predicted octanol–water partition coefficient (Wildman–Crippen LogP) is 3.16. The van der Waals surface area contributed by atoms with Gasteiger partial charge >= 0.3 is 0 Å². The number of hydrogen-bond donors (Lipinski definition) is 3. The number of nitrogens with zero attached hydrogens (tertiary/aromatic N) is 1. The summed E-state index contributed by atoms with van der Waals surface area (Å²) in [6, 6.07) is 14.4. The van der Waals surface area contributed by atoms with E-state index in [4.69, 9.17) is 33.7 Å². The van der Waals surface area contributed by atoms with Gasteiger partial charge < -0.3 is 20.9 Å². The summed E-state index contributed by atoms with van der Waals surface area (Å²) in [5.74, 6) is 0.633. The van der Waals surface area contributed by atoms with Gasteiger partial charge in [0.15, 0.2) is 5.96 Å². The number of benzene rings is 2. The number of rotatable bonds is 6. The van der Waals surface area contributed by atoms with E-state index in [1.165, 1.54) is 0 Å². The van der Waals surface area contributed by atoms with Crippen molar-refractivity contribution in [3.05, 3.63) is 58.6 Å². The normalized spacial score (nSPS) is 12.7. The number of para-hydroxylation sites is 1. The van der Waals surface area contributed by atoms with Crippen molar-refractivity contribution < 1.29 is 9.84 Å². The summed E-state index contributed by atoms with van der Waals surface area (Å²) < 4.78 is 5.43. The number of nitrogens with two attached hydrogens (primary N) is 1. The molecule has 0 aromatic heterocycles. The Hall–Kier alpha value is -1.95. The molecule has 0 spiro atoms. The molecular formula is C16H17Cl2N3O2. The van der Waals surface area contributed by atoms with E-state index in [1.54, 1.807) is 18.2 Å². The molecule has 122 valence electrons. The van der Waals surface area contributed by atoms with Crippen LogP contribution in [0.4, 0.5) is 5.69 Å². The lowest BCUT2D eigenvalue weighted by atomic mass is 10.3. The van der Waals surface area contributed by atoms with Gasteiger partial charge in [0.2, 0.25) is 0 Å². The maximum atomic E-state index is 9.89. The second-order valence-electron chi connectivity index (χ2n) is 4.73. The average molecular weight is 354 g/mol. The molecule has 0 saturated carbocycles. The van der Waals surface area contributed by atoms with Gasteiger partial charge in [0.1, 0.15) is 23.5 Å². The van der Waals surface area contributed by atoms with Crippen molar-refractivity contribution in [2.24, 2.45) is 10.7 Å². The first kappa shape index (κ1) is 17.4. The minimum atomic E-state index is -0.818. The van der Waals surface area contributed by atoms with Crippen molar-refractivity contribution in [3.63, 3.8) is 0 Å². The van der Waals surface area contributed by atoms with Crippen molar-refractivity contribution in [1.82, 2.24) is 0 Å². The molecule has 1 atom stereocenters. The van der Waals surface area contributed by atoms with Gasteiger partial charge in [0, 0.05) is 5.69 Å². The number of anilines is 1. The molecule has 0 radical (unpaired) electrons. The summed E-state index contributed by atoms with van der Waals surface area (Å²) in [6.45, 7) is 0.131. The fourth-order valence-electron chi connectivity index (χ4n) is 1.75. The molecule has 4 N–H and O–H groups in total. The molecule has 7 heteroatoms. The van der Waals surface area contributed by atoms with E-state index in [9.17, 15) is 5.11 Å². The Bertz CT molecular complexity index is 666. The Kier molecular flexibility index (Phi) is 6.52. The van der Waals surface area contributed by atoms with Crippen LogP contribution in [0.15, 0.2) is 53.5 Å². The Morgan fingerprint density at radius 1 is 1.17 bits per heavy atom. The average Bonchev–Trinajstić information content (AvgIpc) is 2.55. The molecule has 2 aromatic rings. The van der Waals surface area contributed by atoms with Crippen LogP contribution in [0, 0.1) is 0 Å². The molecule has 0 heterocycles. The first-order chi connectivity index (χ1) is 11.1. The lowest BCUT2D eigenvalue weighted by Gasteiger charge is -2.12. The van der Waals surface area contributed by atoms with E-state index in [2.05, 4.69) is 10.3 Å². The second-order valence-corrected chi connectivity index (χ2v) is 5.52. The molecule has 23 heavy (non-hydrogen) atoms. The van der Waals surface area contributed by atoms with E-state index >= 15 is 0 Å². The molecule has 0 amide bonds.